The molecule has 0 spiro atoms. The summed E-state index contributed by atoms with van der Waals surface area (Å²) in [6.45, 7) is 0.493. The van der Waals surface area contributed by atoms with Crippen molar-refractivity contribution < 1.29 is 19.4 Å². The summed E-state index contributed by atoms with van der Waals surface area (Å²) in [7, 11) is 0. The van der Waals surface area contributed by atoms with Gasteiger partial charge in [-0.3, -0.25) is 5.32 Å². The molecule has 1 aromatic carbocycles. The topological polar surface area (TPSA) is 75.6 Å². The third-order valence-corrected chi connectivity index (χ3v) is 3.55. The molecule has 1 aromatic rings. The predicted octanol–water partition coefficient (Wildman–Crippen LogP) is 1.75. The molecule has 0 radical (unpaired) electrons. The number of carbonyl (C=O) groups excluding carboxylic acids is 2. The summed E-state index contributed by atoms with van der Waals surface area (Å²) in [4.78, 5) is 23.4. The highest BCUT2D eigenvalue weighted by Crippen LogP contribution is 2.24. The molecule has 1 fully saturated rings. The Labute approximate surface area is 119 Å². The summed E-state index contributed by atoms with van der Waals surface area (Å²) in [5.41, 5.74) is -1.70. The highest BCUT2D eigenvalue weighted by molar-refractivity contribution is 6.42. The Hall–Kier alpha value is -1.14. The fourth-order valence-corrected chi connectivity index (χ4v) is 2.05. The minimum absolute atomic E-state index is 0.0874. The molecule has 2 N–H and O–H groups in total. The minimum Gasteiger partial charge on any atom is -0.386 e. The fourth-order valence-electron chi connectivity index (χ4n) is 1.75. The normalized spacial score (nSPS) is 22.3. The monoisotopic (exact) mass is 303 g/mol. The lowest BCUT2D eigenvalue weighted by atomic mass is 10.1. The molecule has 0 amide bonds. The highest BCUT2D eigenvalue weighted by Gasteiger charge is 2.41. The lowest BCUT2D eigenvalue weighted by Gasteiger charge is -2.19. The summed E-state index contributed by atoms with van der Waals surface area (Å²) in [6, 6.07) is 4.11. The van der Waals surface area contributed by atoms with Gasteiger partial charge in [-0.05, 0) is 31.2 Å². The summed E-state index contributed by atoms with van der Waals surface area (Å²) in [5, 5.41) is 12.9. The summed E-state index contributed by atoms with van der Waals surface area (Å²) in [6.07, 6.45) is 0.840. The van der Waals surface area contributed by atoms with E-state index in [1.165, 1.54) is 18.2 Å². The predicted molar refractivity (Wildman–Crippen MR) is 69.1 cm³/mol. The van der Waals surface area contributed by atoms with E-state index in [0.717, 1.165) is 0 Å². The molecule has 7 heteroatoms. The second-order valence-corrected chi connectivity index (χ2v) is 5.01. The molecule has 1 aliphatic rings. The maximum absolute atomic E-state index is 11.7. The molecule has 5 nitrogen and oxygen atoms in total. The molecule has 2 rings (SSSR count). The third-order valence-electron chi connectivity index (χ3n) is 2.81. The van der Waals surface area contributed by atoms with Crippen LogP contribution in [0.15, 0.2) is 18.2 Å². The number of ether oxygens (including phenoxy) is 1. The molecule has 1 aliphatic heterocycles. The molecule has 0 saturated carbocycles. The minimum atomic E-state index is -1.79. The Morgan fingerprint density at radius 1 is 1.32 bits per heavy atom. The van der Waals surface area contributed by atoms with Crippen molar-refractivity contribution in [2.45, 2.75) is 18.6 Å². The second kappa shape index (κ2) is 5.46. The van der Waals surface area contributed by atoms with Gasteiger partial charge in [-0.25, -0.2) is 9.59 Å². The van der Waals surface area contributed by atoms with E-state index in [9.17, 15) is 14.7 Å². The zero-order valence-corrected chi connectivity index (χ0v) is 11.3. The Bertz CT molecular complexity index is 526. The summed E-state index contributed by atoms with van der Waals surface area (Å²) in [5.74, 6) is -1.90. The Balaban J connectivity index is 2.08. The average molecular weight is 304 g/mol. The zero-order valence-electron chi connectivity index (χ0n) is 9.78. The van der Waals surface area contributed by atoms with Crippen LogP contribution in [0, 0.1) is 0 Å². The number of rotatable bonds is 2. The van der Waals surface area contributed by atoms with Crippen LogP contribution in [0.4, 0.5) is 0 Å². The van der Waals surface area contributed by atoms with Crippen LogP contribution in [0.1, 0.15) is 23.2 Å². The van der Waals surface area contributed by atoms with E-state index in [2.05, 4.69) is 10.1 Å². The molecule has 1 heterocycles. The molecule has 0 aliphatic carbocycles. The Morgan fingerprint density at radius 2 is 2.05 bits per heavy atom. The first-order chi connectivity index (χ1) is 8.92. The molecule has 0 bridgehead atoms. The van der Waals surface area contributed by atoms with Crippen molar-refractivity contribution in [1.82, 2.24) is 5.32 Å². The maximum Gasteiger partial charge on any atom is 0.361 e. The van der Waals surface area contributed by atoms with Crippen molar-refractivity contribution in [3.8, 4) is 0 Å². The van der Waals surface area contributed by atoms with Crippen LogP contribution in [0.3, 0.4) is 0 Å². The van der Waals surface area contributed by atoms with Crippen molar-refractivity contribution in [3.63, 3.8) is 0 Å². The van der Waals surface area contributed by atoms with Crippen molar-refractivity contribution in [2.75, 3.05) is 6.54 Å². The molecule has 0 unspecified atom stereocenters. The summed E-state index contributed by atoms with van der Waals surface area (Å²) < 4.78 is 4.63. The average Bonchev–Trinajstić information content (AvgIpc) is 2.81. The van der Waals surface area contributed by atoms with Crippen LogP contribution >= 0.6 is 23.2 Å². The lowest BCUT2D eigenvalue weighted by Crippen LogP contribution is -2.49. The summed E-state index contributed by atoms with van der Waals surface area (Å²) >= 11 is 11.5. The number of esters is 2. The van der Waals surface area contributed by atoms with Gasteiger partial charge in [-0.2, -0.15) is 0 Å². The number of hydrogen-bond donors (Lipinski definition) is 2. The van der Waals surface area contributed by atoms with Gasteiger partial charge < -0.3 is 9.84 Å². The molecule has 1 atom stereocenters. The number of nitrogens with one attached hydrogen (secondary N) is 1. The lowest BCUT2D eigenvalue weighted by molar-refractivity contribution is -0.160. The first-order valence-corrected chi connectivity index (χ1v) is 6.37. The van der Waals surface area contributed by atoms with Gasteiger partial charge in [0.05, 0.1) is 15.6 Å². The number of aliphatic hydroxyl groups is 1. The van der Waals surface area contributed by atoms with Gasteiger partial charge in [0.15, 0.2) is 0 Å². The van der Waals surface area contributed by atoms with Gasteiger partial charge in [-0.1, -0.05) is 23.2 Å². The molecular formula is C12H11Cl2NO4. The van der Waals surface area contributed by atoms with Crippen molar-refractivity contribution in [2.24, 2.45) is 0 Å². The zero-order chi connectivity index (χ0) is 14.0. The van der Waals surface area contributed by atoms with Crippen LogP contribution in [0.25, 0.3) is 0 Å². The van der Waals surface area contributed by atoms with Crippen LogP contribution < -0.4 is 5.32 Å². The molecule has 19 heavy (non-hydrogen) atoms. The number of carbonyl (C=O) groups is 2. The largest absolute Gasteiger partial charge is 0.386 e. The third kappa shape index (κ3) is 3.06. The van der Waals surface area contributed by atoms with Crippen LogP contribution in [0.5, 0.6) is 0 Å². The first kappa shape index (κ1) is 14.3. The van der Waals surface area contributed by atoms with Gasteiger partial charge in [-0.15, -0.1) is 0 Å². The maximum atomic E-state index is 11.7. The molecule has 0 aromatic heterocycles. The van der Waals surface area contributed by atoms with Crippen LogP contribution in [-0.2, 0) is 9.53 Å². The van der Waals surface area contributed by atoms with Gasteiger partial charge in [0, 0.05) is 6.42 Å². The van der Waals surface area contributed by atoms with E-state index in [1.807, 2.05) is 0 Å². The number of halogens is 2. The SMILES string of the molecule is O=C(OC(=O)[C@]1(O)CCCN1)c1ccc(Cl)c(Cl)c1. The Morgan fingerprint density at radius 3 is 2.63 bits per heavy atom. The molecule has 102 valence electrons. The standard InChI is InChI=1S/C12H11Cl2NO4/c13-8-3-2-7(6-9(8)14)10(16)19-11(17)12(18)4-1-5-15-12/h2-3,6,15,18H,1,4-5H2/t12-/m1/s1. The number of benzene rings is 1. The molecular weight excluding hydrogens is 293 g/mol. The van der Waals surface area contributed by atoms with E-state index in [1.54, 1.807) is 0 Å². The van der Waals surface area contributed by atoms with E-state index >= 15 is 0 Å². The Kier molecular flexibility index (Phi) is 4.10. The first-order valence-electron chi connectivity index (χ1n) is 5.61. The van der Waals surface area contributed by atoms with Gasteiger partial charge in [0.1, 0.15) is 0 Å². The number of hydrogen-bond acceptors (Lipinski definition) is 5. The smallest absolute Gasteiger partial charge is 0.361 e. The quantitative estimate of drug-likeness (QED) is 0.643. The van der Waals surface area contributed by atoms with Crippen molar-refractivity contribution >= 4 is 35.1 Å². The van der Waals surface area contributed by atoms with Crippen LogP contribution in [-0.4, -0.2) is 29.3 Å². The van der Waals surface area contributed by atoms with E-state index in [4.69, 9.17) is 23.2 Å². The van der Waals surface area contributed by atoms with Crippen molar-refractivity contribution in [3.05, 3.63) is 33.8 Å². The highest BCUT2D eigenvalue weighted by atomic mass is 35.5. The van der Waals surface area contributed by atoms with Gasteiger partial charge in [0.25, 0.3) is 0 Å². The van der Waals surface area contributed by atoms with Gasteiger partial charge in [0.2, 0.25) is 5.72 Å². The van der Waals surface area contributed by atoms with Gasteiger partial charge >= 0.3 is 11.9 Å². The fraction of sp³-hybridized carbons (Fsp3) is 0.333. The second-order valence-electron chi connectivity index (χ2n) is 4.20. The molecule has 1 saturated heterocycles. The van der Waals surface area contributed by atoms with Crippen molar-refractivity contribution in [1.29, 1.82) is 0 Å². The van der Waals surface area contributed by atoms with E-state index in [-0.39, 0.29) is 17.0 Å². The van der Waals surface area contributed by atoms with Crippen LogP contribution in [0.2, 0.25) is 10.0 Å². The van der Waals surface area contributed by atoms with E-state index in [0.29, 0.717) is 18.0 Å². The van der Waals surface area contributed by atoms with E-state index < -0.39 is 17.7 Å².